The summed E-state index contributed by atoms with van der Waals surface area (Å²) in [5, 5.41) is 1.34. The lowest BCUT2D eigenvalue weighted by Crippen LogP contribution is -2.38. The Labute approximate surface area is 159 Å². The van der Waals surface area contributed by atoms with Gasteiger partial charge in [0.2, 0.25) is 0 Å². The van der Waals surface area contributed by atoms with Gasteiger partial charge in [-0.2, -0.15) is 0 Å². The van der Waals surface area contributed by atoms with Crippen molar-refractivity contribution in [1.82, 2.24) is 9.80 Å². The normalized spacial score (nSPS) is 19.7. The first-order valence-corrected chi connectivity index (χ1v) is 10.4. The van der Waals surface area contributed by atoms with E-state index in [0.29, 0.717) is 5.92 Å². The van der Waals surface area contributed by atoms with Crippen molar-refractivity contribution in [2.75, 3.05) is 47.1 Å². The number of piperidine rings is 1. The zero-order valence-electron chi connectivity index (χ0n) is 16.2. The molecule has 0 aromatic carbocycles. The molecule has 2 heterocycles. The maximum Gasteiger partial charge on any atom is 0.409 e. The molecule has 26 heavy (non-hydrogen) atoms. The molecule has 2 aliphatic rings. The summed E-state index contributed by atoms with van der Waals surface area (Å²) in [6.07, 6.45) is 12.0. The second-order valence-corrected chi connectivity index (χ2v) is 8.03. The van der Waals surface area contributed by atoms with Crippen LogP contribution in [-0.4, -0.2) is 63.0 Å². The first kappa shape index (κ1) is 20.6. The smallest absolute Gasteiger partial charge is 0.409 e. The quantitative estimate of drug-likeness (QED) is 0.497. The number of hydrogen-bond donors (Lipinski definition) is 0. The van der Waals surface area contributed by atoms with E-state index < -0.39 is 0 Å². The van der Waals surface area contributed by atoms with Gasteiger partial charge in [0.25, 0.3) is 0 Å². The molecule has 1 fully saturated rings. The molecule has 0 saturated carbocycles. The third-order valence-corrected chi connectivity index (χ3v) is 6.11. The van der Waals surface area contributed by atoms with E-state index in [0.717, 1.165) is 59.5 Å². The van der Waals surface area contributed by atoms with Gasteiger partial charge in [-0.05, 0) is 48.7 Å². The molecule has 1 amide bonds. The minimum Gasteiger partial charge on any atom is -0.498 e. The Morgan fingerprint density at radius 3 is 2.65 bits per heavy atom. The minimum absolute atomic E-state index is 0.210. The molecule has 2 aliphatic heterocycles. The number of carbonyl (C=O) groups excluding carboxylic acids is 1. The molecule has 0 radical (unpaired) electrons. The first-order valence-electron chi connectivity index (χ1n) is 9.16. The van der Waals surface area contributed by atoms with Gasteiger partial charge in [0, 0.05) is 39.0 Å². The summed E-state index contributed by atoms with van der Waals surface area (Å²) in [5.41, 5.74) is 1.21. The van der Waals surface area contributed by atoms with Gasteiger partial charge < -0.3 is 19.3 Å². The molecule has 0 aromatic heterocycles. The lowest BCUT2D eigenvalue weighted by molar-refractivity contribution is 0.0992. The predicted octanol–water partition coefficient (Wildman–Crippen LogP) is 3.96. The highest BCUT2D eigenvalue weighted by molar-refractivity contribution is 7.43. The summed E-state index contributed by atoms with van der Waals surface area (Å²) in [7, 11) is 6.27. The summed E-state index contributed by atoms with van der Waals surface area (Å²) in [4.78, 5) is 15.4. The Balaban J connectivity index is 1.75. The number of amides is 1. The van der Waals surface area contributed by atoms with Crippen molar-refractivity contribution in [2.45, 2.75) is 19.3 Å². The van der Waals surface area contributed by atoms with Crippen molar-refractivity contribution >= 4 is 14.7 Å². The minimum atomic E-state index is -0.210. The van der Waals surface area contributed by atoms with Gasteiger partial charge in [-0.15, -0.1) is 0 Å². The summed E-state index contributed by atoms with van der Waals surface area (Å²) >= 11 is 0. The van der Waals surface area contributed by atoms with E-state index in [9.17, 15) is 4.79 Å². The molecular formula is C20H31N2O3P. The van der Waals surface area contributed by atoms with E-state index in [-0.39, 0.29) is 6.09 Å². The van der Waals surface area contributed by atoms with Crippen molar-refractivity contribution in [2.24, 2.45) is 5.92 Å². The monoisotopic (exact) mass is 378 g/mol. The number of rotatable bonds is 7. The second kappa shape index (κ2) is 10.4. The molecule has 1 unspecified atom stereocenters. The van der Waals surface area contributed by atoms with E-state index in [2.05, 4.69) is 43.8 Å². The number of likely N-dealkylation sites (tertiary alicyclic amines) is 1. The van der Waals surface area contributed by atoms with Crippen LogP contribution in [0.4, 0.5) is 4.79 Å². The first-order chi connectivity index (χ1) is 12.5. The van der Waals surface area contributed by atoms with E-state index in [1.54, 1.807) is 4.90 Å². The highest BCUT2D eigenvalue weighted by atomic mass is 31.1. The fourth-order valence-electron chi connectivity index (χ4n) is 3.23. The number of allylic oxidation sites excluding steroid dienone is 6. The number of hydrogen-bond acceptors (Lipinski definition) is 4. The highest BCUT2D eigenvalue weighted by Gasteiger charge is 2.23. The lowest BCUT2D eigenvalue weighted by atomic mass is 9.94. The molecular weight excluding hydrogens is 347 g/mol. The van der Waals surface area contributed by atoms with E-state index >= 15 is 0 Å². The van der Waals surface area contributed by atoms with Crippen LogP contribution in [0.3, 0.4) is 0 Å². The maximum absolute atomic E-state index is 11.5. The van der Waals surface area contributed by atoms with Gasteiger partial charge >= 0.3 is 6.09 Å². The Morgan fingerprint density at radius 1 is 1.38 bits per heavy atom. The molecule has 0 N–H and O–H groups in total. The van der Waals surface area contributed by atoms with Crippen molar-refractivity contribution in [3.8, 4) is 0 Å². The van der Waals surface area contributed by atoms with Gasteiger partial charge in [0.1, 0.15) is 5.76 Å². The molecule has 1 saturated heterocycles. The van der Waals surface area contributed by atoms with E-state index in [1.807, 2.05) is 6.08 Å². The Morgan fingerprint density at radius 2 is 2.12 bits per heavy atom. The number of carbonyl (C=O) groups is 1. The molecule has 0 spiro atoms. The van der Waals surface area contributed by atoms with Crippen LogP contribution < -0.4 is 0 Å². The van der Waals surface area contributed by atoms with E-state index in [1.165, 1.54) is 18.1 Å². The molecule has 0 aromatic rings. The van der Waals surface area contributed by atoms with Crippen LogP contribution in [0.5, 0.6) is 0 Å². The molecule has 6 heteroatoms. The standard InChI is InChI=1S/C20H31N2O3P/c1-5-6-18(21(2)3)19-8-7-17(15-26-19)25-14-11-16-9-12-22(13-10-16)20(23)24-4/h5-8,16,26H,1,9-15H2,2-4H3/b18-6-. The topological polar surface area (TPSA) is 42.0 Å². The van der Waals surface area contributed by atoms with Crippen molar-refractivity contribution in [1.29, 1.82) is 0 Å². The summed E-state index contributed by atoms with van der Waals surface area (Å²) in [5.74, 6) is 1.71. The van der Waals surface area contributed by atoms with Gasteiger partial charge in [-0.3, -0.25) is 0 Å². The van der Waals surface area contributed by atoms with Gasteiger partial charge in [0.05, 0.1) is 13.7 Å². The molecule has 2 rings (SSSR count). The summed E-state index contributed by atoms with van der Waals surface area (Å²) < 4.78 is 10.8. The van der Waals surface area contributed by atoms with Gasteiger partial charge in [-0.1, -0.05) is 21.2 Å². The molecule has 0 bridgehead atoms. The van der Waals surface area contributed by atoms with Crippen LogP contribution in [0.15, 0.2) is 47.7 Å². The average molecular weight is 378 g/mol. The van der Waals surface area contributed by atoms with Gasteiger partial charge in [0.15, 0.2) is 0 Å². The Bertz CT molecular complexity index is 588. The second-order valence-electron chi connectivity index (χ2n) is 6.79. The zero-order chi connectivity index (χ0) is 18.9. The van der Waals surface area contributed by atoms with Crippen LogP contribution in [0.2, 0.25) is 0 Å². The van der Waals surface area contributed by atoms with Crippen LogP contribution in [0, 0.1) is 5.92 Å². The van der Waals surface area contributed by atoms with Crippen molar-refractivity contribution in [3.63, 3.8) is 0 Å². The fourth-order valence-corrected chi connectivity index (χ4v) is 4.51. The molecule has 0 aliphatic carbocycles. The maximum atomic E-state index is 11.5. The Hall–Kier alpha value is -1.74. The van der Waals surface area contributed by atoms with E-state index in [4.69, 9.17) is 9.47 Å². The average Bonchev–Trinajstić information content (AvgIpc) is 2.66. The number of likely N-dealkylation sites (N-methyl/N-ethyl adjacent to an activating group) is 1. The molecule has 5 nitrogen and oxygen atoms in total. The largest absolute Gasteiger partial charge is 0.498 e. The SMILES string of the molecule is C=C/C=C(/C1=CC=C(OCCC2CCN(C(=O)OC)CC2)CP1)N(C)C. The van der Waals surface area contributed by atoms with Crippen LogP contribution in [-0.2, 0) is 9.47 Å². The number of nitrogens with zero attached hydrogens (tertiary/aromatic N) is 2. The molecule has 144 valence electrons. The fraction of sp³-hybridized carbons (Fsp3) is 0.550. The highest BCUT2D eigenvalue weighted by Crippen LogP contribution is 2.36. The summed E-state index contributed by atoms with van der Waals surface area (Å²) in [6, 6.07) is 0. The number of ether oxygens (including phenoxy) is 2. The summed E-state index contributed by atoms with van der Waals surface area (Å²) in [6.45, 7) is 6.13. The van der Waals surface area contributed by atoms with Crippen molar-refractivity contribution in [3.05, 3.63) is 47.7 Å². The third kappa shape index (κ3) is 5.91. The molecule has 1 atom stereocenters. The predicted molar refractivity (Wildman–Crippen MR) is 109 cm³/mol. The Kier molecular flexibility index (Phi) is 8.24. The third-order valence-electron chi connectivity index (χ3n) is 4.78. The zero-order valence-corrected chi connectivity index (χ0v) is 17.2. The number of methoxy groups -OCH3 is 1. The lowest BCUT2D eigenvalue weighted by Gasteiger charge is -2.31. The van der Waals surface area contributed by atoms with Crippen LogP contribution in [0.25, 0.3) is 0 Å². The van der Waals surface area contributed by atoms with Gasteiger partial charge in [-0.25, -0.2) is 4.79 Å². The van der Waals surface area contributed by atoms with Crippen LogP contribution in [0.1, 0.15) is 19.3 Å². The van der Waals surface area contributed by atoms with Crippen LogP contribution >= 0.6 is 8.58 Å². The van der Waals surface area contributed by atoms with Crippen molar-refractivity contribution < 1.29 is 14.3 Å².